The Balaban J connectivity index is 2.05. The SMILES string of the molecule is Cc1cc(C)cc(NC(N)=NCc2cccc(N(C)C)c2)c1. The van der Waals surface area contributed by atoms with Gasteiger partial charge in [-0.2, -0.15) is 0 Å². The molecule has 0 bridgehead atoms. The Morgan fingerprint density at radius 1 is 1.09 bits per heavy atom. The van der Waals surface area contributed by atoms with Crippen molar-refractivity contribution in [2.45, 2.75) is 20.4 Å². The van der Waals surface area contributed by atoms with Gasteiger partial charge in [-0.25, -0.2) is 4.99 Å². The van der Waals surface area contributed by atoms with Gasteiger partial charge in [0, 0.05) is 25.5 Å². The molecule has 0 amide bonds. The average Bonchev–Trinajstić information content (AvgIpc) is 2.44. The molecule has 4 nitrogen and oxygen atoms in total. The predicted molar refractivity (Wildman–Crippen MR) is 95.6 cm³/mol. The lowest BCUT2D eigenvalue weighted by Gasteiger charge is -2.13. The number of aliphatic imine (C=N–C) groups is 1. The van der Waals surface area contributed by atoms with Gasteiger partial charge in [0.15, 0.2) is 5.96 Å². The smallest absolute Gasteiger partial charge is 0.193 e. The largest absolute Gasteiger partial charge is 0.378 e. The summed E-state index contributed by atoms with van der Waals surface area (Å²) >= 11 is 0. The van der Waals surface area contributed by atoms with Crippen LogP contribution < -0.4 is 16.0 Å². The van der Waals surface area contributed by atoms with Gasteiger partial charge in [0.25, 0.3) is 0 Å². The van der Waals surface area contributed by atoms with Crippen molar-refractivity contribution in [3.05, 3.63) is 59.2 Å². The van der Waals surface area contributed by atoms with Crippen molar-refractivity contribution in [1.29, 1.82) is 0 Å². The van der Waals surface area contributed by atoms with Gasteiger partial charge in [0.05, 0.1) is 6.54 Å². The summed E-state index contributed by atoms with van der Waals surface area (Å²) < 4.78 is 0. The molecule has 0 aliphatic rings. The van der Waals surface area contributed by atoms with Crippen molar-refractivity contribution >= 4 is 17.3 Å². The van der Waals surface area contributed by atoms with Crippen LogP contribution in [0.5, 0.6) is 0 Å². The fourth-order valence-corrected chi connectivity index (χ4v) is 2.34. The van der Waals surface area contributed by atoms with E-state index < -0.39 is 0 Å². The topological polar surface area (TPSA) is 53.6 Å². The fraction of sp³-hybridized carbons (Fsp3) is 0.278. The van der Waals surface area contributed by atoms with Gasteiger partial charge in [0.1, 0.15) is 0 Å². The van der Waals surface area contributed by atoms with E-state index in [4.69, 9.17) is 5.73 Å². The lowest BCUT2D eigenvalue weighted by atomic mass is 10.1. The van der Waals surface area contributed by atoms with Gasteiger partial charge < -0.3 is 16.0 Å². The highest BCUT2D eigenvalue weighted by molar-refractivity contribution is 5.92. The highest BCUT2D eigenvalue weighted by Gasteiger charge is 2.00. The van der Waals surface area contributed by atoms with E-state index in [1.54, 1.807) is 0 Å². The number of guanidine groups is 1. The number of nitrogens with zero attached hydrogens (tertiary/aromatic N) is 2. The molecule has 0 unspecified atom stereocenters. The summed E-state index contributed by atoms with van der Waals surface area (Å²) in [5, 5.41) is 3.15. The highest BCUT2D eigenvalue weighted by Crippen LogP contribution is 2.15. The monoisotopic (exact) mass is 296 g/mol. The molecule has 2 aromatic rings. The molecule has 116 valence electrons. The lowest BCUT2D eigenvalue weighted by Crippen LogP contribution is -2.22. The minimum absolute atomic E-state index is 0.431. The van der Waals surface area contributed by atoms with Crippen LogP contribution in [-0.4, -0.2) is 20.1 Å². The molecule has 0 spiro atoms. The lowest BCUT2D eigenvalue weighted by molar-refractivity contribution is 1.05. The molecule has 0 aromatic heterocycles. The van der Waals surface area contributed by atoms with Crippen LogP contribution in [0.15, 0.2) is 47.5 Å². The van der Waals surface area contributed by atoms with Gasteiger partial charge in [-0.3, -0.25) is 0 Å². The fourth-order valence-electron chi connectivity index (χ4n) is 2.34. The molecule has 2 aromatic carbocycles. The Hall–Kier alpha value is -2.49. The second-order valence-electron chi connectivity index (χ2n) is 5.77. The average molecular weight is 296 g/mol. The normalized spacial score (nSPS) is 11.4. The number of hydrogen-bond donors (Lipinski definition) is 2. The molecule has 3 N–H and O–H groups in total. The zero-order valence-electron chi connectivity index (χ0n) is 13.7. The molecule has 0 heterocycles. The summed E-state index contributed by atoms with van der Waals surface area (Å²) in [4.78, 5) is 6.49. The van der Waals surface area contributed by atoms with E-state index in [9.17, 15) is 0 Å². The summed E-state index contributed by atoms with van der Waals surface area (Å²) in [5.41, 5.74) is 11.7. The van der Waals surface area contributed by atoms with Crippen molar-refractivity contribution in [2.24, 2.45) is 10.7 Å². The van der Waals surface area contributed by atoms with E-state index in [0.29, 0.717) is 12.5 Å². The third-order valence-corrected chi connectivity index (χ3v) is 3.35. The molecule has 0 atom stereocenters. The number of nitrogens with one attached hydrogen (secondary N) is 1. The van der Waals surface area contributed by atoms with Gasteiger partial charge in [-0.05, 0) is 54.8 Å². The maximum absolute atomic E-state index is 5.98. The van der Waals surface area contributed by atoms with Crippen molar-refractivity contribution in [3.63, 3.8) is 0 Å². The maximum atomic E-state index is 5.98. The van der Waals surface area contributed by atoms with Crippen LogP contribution in [0, 0.1) is 13.8 Å². The number of nitrogens with two attached hydrogens (primary N) is 1. The Labute approximate surface area is 132 Å². The van der Waals surface area contributed by atoms with Gasteiger partial charge in [-0.1, -0.05) is 18.2 Å². The van der Waals surface area contributed by atoms with E-state index in [2.05, 4.69) is 65.5 Å². The molecule has 0 saturated carbocycles. The minimum Gasteiger partial charge on any atom is -0.378 e. The first-order valence-electron chi connectivity index (χ1n) is 7.35. The minimum atomic E-state index is 0.431. The van der Waals surface area contributed by atoms with Gasteiger partial charge in [-0.15, -0.1) is 0 Å². The summed E-state index contributed by atoms with van der Waals surface area (Å²) in [6, 6.07) is 14.5. The Morgan fingerprint density at radius 2 is 1.77 bits per heavy atom. The quantitative estimate of drug-likeness (QED) is 0.672. The highest BCUT2D eigenvalue weighted by atomic mass is 15.1. The second-order valence-corrected chi connectivity index (χ2v) is 5.77. The van der Waals surface area contributed by atoms with Crippen molar-refractivity contribution in [3.8, 4) is 0 Å². The van der Waals surface area contributed by atoms with Crippen molar-refractivity contribution in [1.82, 2.24) is 0 Å². The van der Waals surface area contributed by atoms with Crippen LogP contribution in [0.2, 0.25) is 0 Å². The number of hydrogen-bond acceptors (Lipinski definition) is 2. The number of anilines is 2. The molecule has 0 aliphatic heterocycles. The van der Waals surface area contributed by atoms with Crippen LogP contribution in [0.1, 0.15) is 16.7 Å². The van der Waals surface area contributed by atoms with Crippen LogP contribution in [0.25, 0.3) is 0 Å². The van der Waals surface area contributed by atoms with Crippen molar-refractivity contribution in [2.75, 3.05) is 24.3 Å². The van der Waals surface area contributed by atoms with E-state index >= 15 is 0 Å². The van der Waals surface area contributed by atoms with Crippen LogP contribution >= 0.6 is 0 Å². The second kappa shape index (κ2) is 6.98. The van der Waals surface area contributed by atoms with E-state index in [1.165, 1.54) is 11.1 Å². The van der Waals surface area contributed by atoms with E-state index in [0.717, 1.165) is 16.9 Å². The number of benzene rings is 2. The first-order valence-corrected chi connectivity index (χ1v) is 7.35. The Kier molecular flexibility index (Phi) is 5.04. The molecular formula is C18H24N4. The summed E-state index contributed by atoms with van der Waals surface area (Å²) in [6.07, 6.45) is 0. The van der Waals surface area contributed by atoms with Crippen LogP contribution in [-0.2, 0) is 6.54 Å². The molecule has 0 radical (unpaired) electrons. The zero-order valence-corrected chi connectivity index (χ0v) is 13.7. The summed E-state index contributed by atoms with van der Waals surface area (Å²) in [6.45, 7) is 4.70. The van der Waals surface area contributed by atoms with Gasteiger partial charge in [0.2, 0.25) is 0 Å². The van der Waals surface area contributed by atoms with E-state index in [1.807, 2.05) is 20.2 Å². The third-order valence-electron chi connectivity index (χ3n) is 3.35. The molecule has 0 saturated heterocycles. The standard InChI is InChI=1S/C18H24N4/c1-13-8-14(2)10-16(9-13)21-18(19)20-12-15-6-5-7-17(11-15)22(3)4/h5-11H,12H2,1-4H3,(H3,19,20,21). The number of rotatable bonds is 4. The van der Waals surface area contributed by atoms with Crippen molar-refractivity contribution < 1.29 is 0 Å². The Morgan fingerprint density at radius 3 is 2.41 bits per heavy atom. The maximum Gasteiger partial charge on any atom is 0.193 e. The molecule has 22 heavy (non-hydrogen) atoms. The molecule has 2 rings (SSSR count). The molecule has 0 fully saturated rings. The molecule has 4 heteroatoms. The first kappa shape index (κ1) is 15.9. The predicted octanol–water partition coefficient (Wildman–Crippen LogP) is 3.30. The summed E-state index contributed by atoms with van der Waals surface area (Å²) in [5.74, 6) is 0.431. The molecule has 0 aliphatic carbocycles. The number of aryl methyl sites for hydroxylation is 2. The summed E-state index contributed by atoms with van der Waals surface area (Å²) in [7, 11) is 4.05. The third kappa shape index (κ3) is 4.52. The van der Waals surface area contributed by atoms with E-state index in [-0.39, 0.29) is 0 Å². The van der Waals surface area contributed by atoms with Crippen LogP contribution in [0.4, 0.5) is 11.4 Å². The molecular weight excluding hydrogens is 272 g/mol. The first-order chi connectivity index (χ1) is 10.4. The zero-order chi connectivity index (χ0) is 16.1. The Bertz CT molecular complexity index is 654. The van der Waals surface area contributed by atoms with Gasteiger partial charge >= 0.3 is 0 Å². The van der Waals surface area contributed by atoms with Crippen LogP contribution in [0.3, 0.4) is 0 Å².